The zero-order chi connectivity index (χ0) is 17.7. The molecule has 1 aromatic carbocycles. The van der Waals surface area contributed by atoms with Gasteiger partial charge in [0.25, 0.3) is 0 Å². The number of nitrogens with two attached hydrogens (primary N) is 1. The predicted octanol–water partition coefficient (Wildman–Crippen LogP) is 0.691. The van der Waals surface area contributed by atoms with Gasteiger partial charge in [0.2, 0.25) is 15.9 Å². The number of carbonyl (C=O) groups excluding carboxylic acids is 1. The number of amides is 1. The molecule has 1 saturated heterocycles. The number of nitrogens with zero attached hydrogens (tertiary/aromatic N) is 1. The Labute approximate surface area is 143 Å². The van der Waals surface area contributed by atoms with E-state index in [-0.39, 0.29) is 23.3 Å². The van der Waals surface area contributed by atoms with Crippen LogP contribution in [0.1, 0.15) is 25.3 Å². The molecule has 1 aliphatic rings. The maximum absolute atomic E-state index is 12.8. The summed E-state index contributed by atoms with van der Waals surface area (Å²) in [4.78, 5) is 11.7. The van der Waals surface area contributed by atoms with Crippen molar-refractivity contribution in [3.05, 3.63) is 23.8 Å². The van der Waals surface area contributed by atoms with Crippen molar-refractivity contribution >= 4 is 15.9 Å². The highest BCUT2D eigenvalue weighted by Gasteiger charge is 2.32. The molecule has 0 bridgehead atoms. The first-order valence-electron chi connectivity index (χ1n) is 8.06. The molecular weight excluding hydrogens is 330 g/mol. The smallest absolute Gasteiger partial charge is 0.243 e. The molecule has 0 radical (unpaired) electrons. The van der Waals surface area contributed by atoms with Crippen LogP contribution < -0.4 is 15.8 Å². The zero-order valence-corrected chi connectivity index (χ0v) is 14.9. The van der Waals surface area contributed by atoms with Gasteiger partial charge >= 0.3 is 0 Å². The molecule has 1 fully saturated rings. The van der Waals surface area contributed by atoms with Gasteiger partial charge in [-0.15, -0.1) is 0 Å². The molecule has 134 valence electrons. The van der Waals surface area contributed by atoms with Gasteiger partial charge in [-0.1, -0.05) is 6.92 Å². The zero-order valence-electron chi connectivity index (χ0n) is 14.1. The molecule has 0 saturated carbocycles. The van der Waals surface area contributed by atoms with Crippen molar-refractivity contribution in [1.29, 1.82) is 0 Å². The van der Waals surface area contributed by atoms with Gasteiger partial charge < -0.3 is 15.8 Å². The third-order valence-corrected chi connectivity index (χ3v) is 6.13. The van der Waals surface area contributed by atoms with Crippen LogP contribution in [-0.4, -0.2) is 45.4 Å². The third kappa shape index (κ3) is 4.06. The second-order valence-electron chi connectivity index (χ2n) is 5.86. The highest BCUT2D eigenvalue weighted by Crippen LogP contribution is 2.27. The second-order valence-corrected chi connectivity index (χ2v) is 7.80. The van der Waals surface area contributed by atoms with E-state index in [1.165, 1.54) is 17.5 Å². The first kappa shape index (κ1) is 18.7. The lowest BCUT2D eigenvalue weighted by molar-refractivity contribution is -0.120. The van der Waals surface area contributed by atoms with Crippen LogP contribution in [0.4, 0.5) is 0 Å². The Hall–Kier alpha value is -1.64. The van der Waals surface area contributed by atoms with Crippen LogP contribution in [0.2, 0.25) is 0 Å². The van der Waals surface area contributed by atoms with E-state index in [0.29, 0.717) is 37.4 Å². The Kier molecular flexibility index (Phi) is 6.20. The summed E-state index contributed by atoms with van der Waals surface area (Å²) in [5.74, 6) is 0.656. The van der Waals surface area contributed by atoms with E-state index >= 15 is 0 Å². The van der Waals surface area contributed by atoms with Gasteiger partial charge in [-0.2, -0.15) is 4.31 Å². The molecule has 7 nitrogen and oxygen atoms in total. The predicted molar refractivity (Wildman–Crippen MR) is 91.1 cm³/mol. The molecule has 3 N–H and O–H groups in total. The Bertz CT molecular complexity index is 691. The fourth-order valence-electron chi connectivity index (χ4n) is 2.73. The third-order valence-electron chi connectivity index (χ3n) is 4.27. The van der Waals surface area contributed by atoms with Gasteiger partial charge in [0.05, 0.1) is 12.0 Å². The number of rotatable bonds is 7. The van der Waals surface area contributed by atoms with Crippen molar-refractivity contribution in [3.8, 4) is 5.75 Å². The standard InChI is InChI=1S/C16H25N3O4S/c1-3-16(20)18-10-13-8-14(4-5-15(13)23-2)24(21,22)19-7-6-12(9-17)11-19/h4-5,8,12H,3,6-7,9-11,17H2,1-2H3,(H,18,20). The summed E-state index contributed by atoms with van der Waals surface area (Å²) in [6.07, 6.45) is 1.15. The second kappa shape index (κ2) is 7.96. The maximum atomic E-state index is 12.8. The van der Waals surface area contributed by atoms with Gasteiger partial charge in [0.15, 0.2) is 0 Å². The Morgan fingerprint density at radius 3 is 2.79 bits per heavy atom. The fourth-order valence-corrected chi connectivity index (χ4v) is 4.31. The molecule has 0 spiro atoms. The topological polar surface area (TPSA) is 102 Å². The highest BCUT2D eigenvalue weighted by molar-refractivity contribution is 7.89. The summed E-state index contributed by atoms with van der Waals surface area (Å²) in [5.41, 5.74) is 6.28. The molecule has 1 heterocycles. The van der Waals surface area contributed by atoms with E-state index < -0.39 is 10.0 Å². The molecule has 24 heavy (non-hydrogen) atoms. The van der Waals surface area contributed by atoms with Crippen LogP contribution in [0, 0.1) is 5.92 Å². The summed E-state index contributed by atoms with van der Waals surface area (Å²) in [6, 6.07) is 4.73. The summed E-state index contributed by atoms with van der Waals surface area (Å²) < 4.78 is 32.3. The largest absolute Gasteiger partial charge is 0.496 e. The number of benzene rings is 1. The number of sulfonamides is 1. The monoisotopic (exact) mass is 355 g/mol. The van der Waals surface area contributed by atoms with E-state index in [0.717, 1.165) is 6.42 Å². The molecule has 1 amide bonds. The summed E-state index contributed by atoms with van der Waals surface area (Å²) >= 11 is 0. The van der Waals surface area contributed by atoms with Crippen LogP contribution in [0.3, 0.4) is 0 Å². The molecule has 2 rings (SSSR count). The quantitative estimate of drug-likeness (QED) is 0.749. The molecule has 0 aliphatic carbocycles. The van der Waals surface area contributed by atoms with Crippen LogP contribution in [0.5, 0.6) is 5.75 Å². The Morgan fingerprint density at radius 2 is 2.21 bits per heavy atom. The normalized spacial score (nSPS) is 18.5. The van der Waals surface area contributed by atoms with Crippen LogP contribution in [-0.2, 0) is 21.4 Å². The summed E-state index contributed by atoms with van der Waals surface area (Å²) in [6.45, 7) is 3.41. The van der Waals surface area contributed by atoms with Gasteiger partial charge in [-0.25, -0.2) is 8.42 Å². The van der Waals surface area contributed by atoms with Gasteiger partial charge in [-0.3, -0.25) is 4.79 Å². The Morgan fingerprint density at radius 1 is 1.46 bits per heavy atom. The lowest BCUT2D eigenvalue weighted by atomic mass is 10.1. The molecule has 1 unspecified atom stereocenters. The summed E-state index contributed by atoms with van der Waals surface area (Å²) in [7, 11) is -2.05. The van der Waals surface area contributed by atoms with E-state index in [4.69, 9.17) is 10.5 Å². The van der Waals surface area contributed by atoms with Gasteiger partial charge in [-0.05, 0) is 37.1 Å². The SMILES string of the molecule is CCC(=O)NCc1cc(S(=O)(=O)N2CCC(CN)C2)ccc1OC. The maximum Gasteiger partial charge on any atom is 0.243 e. The molecule has 0 aromatic heterocycles. The minimum Gasteiger partial charge on any atom is -0.496 e. The first-order valence-corrected chi connectivity index (χ1v) is 9.50. The first-order chi connectivity index (χ1) is 11.4. The van der Waals surface area contributed by atoms with Crippen molar-refractivity contribution in [3.63, 3.8) is 0 Å². The number of hydrogen-bond donors (Lipinski definition) is 2. The van der Waals surface area contributed by atoms with Gasteiger partial charge in [0.1, 0.15) is 5.75 Å². The summed E-state index contributed by atoms with van der Waals surface area (Å²) in [5, 5.41) is 2.74. The number of nitrogens with one attached hydrogen (secondary N) is 1. The van der Waals surface area contributed by atoms with Crippen molar-refractivity contribution in [2.75, 3.05) is 26.7 Å². The Balaban J connectivity index is 2.25. The van der Waals surface area contributed by atoms with Gasteiger partial charge in [0, 0.05) is 31.6 Å². The van der Waals surface area contributed by atoms with Crippen LogP contribution in [0.15, 0.2) is 23.1 Å². The highest BCUT2D eigenvalue weighted by atomic mass is 32.2. The average molecular weight is 355 g/mol. The minimum absolute atomic E-state index is 0.101. The molecule has 1 aliphatic heterocycles. The van der Waals surface area contributed by atoms with Crippen molar-refractivity contribution in [1.82, 2.24) is 9.62 Å². The van der Waals surface area contributed by atoms with Crippen molar-refractivity contribution in [2.45, 2.75) is 31.2 Å². The molecular formula is C16H25N3O4S. The van der Waals surface area contributed by atoms with E-state index in [2.05, 4.69) is 5.32 Å². The fraction of sp³-hybridized carbons (Fsp3) is 0.562. The lowest BCUT2D eigenvalue weighted by Gasteiger charge is -2.18. The number of ether oxygens (including phenoxy) is 1. The van der Waals surface area contributed by atoms with Crippen molar-refractivity contribution < 1.29 is 17.9 Å². The van der Waals surface area contributed by atoms with Crippen LogP contribution in [0.25, 0.3) is 0 Å². The van der Waals surface area contributed by atoms with E-state index in [1.807, 2.05) is 0 Å². The number of methoxy groups -OCH3 is 1. The number of carbonyl (C=O) groups is 1. The van der Waals surface area contributed by atoms with Crippen molar-refractivity contribution in [2.24, 2.45) is 11.7 Å². The van der Waals surface area contributed by atoms with E-state index in [1.54, 1.807) is 19.1 Å². The molecule has 1 atom stereocenters. The van der Waals surface area contributed by atoms with Crippen LogP contribution >= 0.6 is 0 Å². The number of hydrogen-bond acceptors (Lipinski definition) is 5. The lowest BCUT2D eigenvalue weighted by Crippen LogP contribution is -2.30. The minimum atomic E-state index is -3.56. The molecule has 1 aromatic rings. The molecule has 8 heteroatoms. The van der Waals surface area contributed by atoms with E-state index in [9.17, 15) is 13.2 Å². The average Bonchev–Trinajstić information content (AvgIpc) is 3.09.